The Kier molecular flexibility index (Phi) is 5.08. The van der Waals surface area contributed by atoms with Gasteiger partial charge >= 0.3 is 5.97 Å². The maximum Gasteiger partial charge on any atom is 0.307 e. The van der Waals surface area contributed by atoms with Crippen LogP contribution in [0.2, 0.25) is 0 Å². The second kappa shape index (κ2) is 6.34. The van der Waals surface area contributed by atoms with Gasteiger partial charge in [0.2, 0.25) is 0 Å². The molecule has 0 aliphatic heterocycles. The minimum atomic E-state index is -0.895. The van der Waals surface area contributed by atoms with E-state index in [0.29, 0.717) is 6.42 Å². The van der Waals surface area contributed by atoms with Crippen LogP contribution in [0.4, 0.5) is 0 Å². The van der Waals surface area contributed by atoms with E-state index >= 15 is 0 Å². The van der Waals surface area contributed by atoms with E-state index in [1.807, 2.05) is 37.3 Å². The summed E-state index contributed by atoms with van der Waals surface area (Å²) in [5.74, 6) is -2.21. The van der Waals surface area contributed by atoms with Gasteiger partial charge in [0.1, 0.15) is 5.78 Å². The summed E-state index contributed by atoms with van der Waals surface area (Å²) in [5.41, 5.74) is 0.987. The highest BCUT2D eigenvalue weighted by Gasteiger charge is 2.35. The van der Waals surface area contributed by atoms with Gasteiger partial charge in [0.15, 0.2) is 0 Å². The predicted octanol–water partition coefficient (Wildman–Crippen LogP) is 3.11. The summed E-state index contributed by atoms with van der Waals surface area (Å²) in [5, 5.41) is 9.40. The lowest BCUT2D eigenvalue weighted by molar-refractivity contribution is -0.147. The number of aliphatic carboxylic acids is 1. The van der Waals surface area contributed by atoms with Crippen molar-refractivity contribution in [1.29, 1.82) is 0 Å². The van der Waals surface area contributed by atoms with Crippen LogP contribution in [-0.4, -0.2) is 16.9 Å². The van der Waals surface area contributed by atoms with Crippen molar-refractivity contribution in [2.75, 3.05) is 0 Å². The summed E-state index contributed by atoms with van der Waals surface area (Å²) in [7, 11) is 0. The molecule has 18 heavy (non-hydrogen) atoms. The van der Waals surface area contributed by atoms with E-state index in [4.69, 9.17) is 0 Å². The Morgan fingerprint density at radius 3 is 2.17 bits per heavy atom. The van der Waals surface area contributed by atoms with E-state index in [9.17, 15) is 14.7 Å². The number of hydrogen-bond donors (Lipinski definition) is 1. The number of carboxylic acids is 1. The summed E-state index contributed by atoms with van der Waals surface area (Å²) in [6, 6.07) is 9.55. The zero-order chi connectivity index (χ0) is 13.7. The zero-order valence-electron chi connectivity index (χ0n) is 11.1. The molecule has 0 heterocycles. The van der Waals surface area contributed by atoms with Gasteiger partial charge in [0, 0.05) is 5.92 Å². The fourth-order valence-electron chi connectivity index (χ4n) is 2.38. The third-order valence-electron chi connectivity index (χ3n) is 3.57. The second-order valence-electron chi connectivity index (χ2n) is 4.69. The highest BCUT2D eigenvalue weighted by Crippen LogP contribution is 2.33. The van der Waals surface area contributed by atoms with Crippen molar-refractivity contribution in [3.63, 3.8) is 0 Å². The highest BCUT2D eigenvalue weighted by atomic mass is 16.4. The molecule has 0 spiro atoms. The van der Waals surface area contributed by atoms with E-state index in [1.54, 1.807) is 6.92 Å². The molecule has 98 valence electrons. The summed E-state index contributed by atoms with van der Waals surface area (Å²) in [6.07, 6.45) is 0.707. The number of Topliss-reactive ketones (excluding diaryl/α,β-unsaturated/α-hetero) is 1. The van der Waals surface area contributed by atoms with Crippen LogP contribution in [0.25, 0.3) is 0 Å². The number of ketones is 1. The lowest BCUT2D eigenvalue weighted by atomic mass is 9.76. The molecular weight excluding hydrogens is 228 g/mol. The lowest BCUT2D eigenvalue weighted by Gasteiger charge is -2.27. The van der Waals surface area contributed by atoms with Crippen molar-refractivity contribution in [1.82, 2.24) is 0 Å². The number of carbonyl (C=O) groups is 2. The smallest absolute Gasteiger partial charge is 0.307 e. The Morgan fingerprint density at radius 1 is 1.22 bits per heavy atom. The number of carboxylic acid groups (broad SMARTS) is 1. The molecule has 0 aliphatic carbocycles. The third kappa shape index (κ3) is 3.19. The van der Waals surface area contributed by atoms with Gasteiger partial charge in [0.05, 0.1) is 5.92 Å². The Morgan fingerprint density at radius 2 is 1.78 bits per heavy atom. The van der Waals surface area contributed by atoms with Crippen molar-refractivity contribution in [3.05, 3.63) is 35.9 Å². The molecule has 3 heteroatoms. The Bertz CT molecular complexity index is 411. The van der Waals surface area contributed by atoms with Gasteiger partial charge in [-0.1, -0.05) is 44.2 Å². The van der Waals surface area contributed by atoms with Crippen molar-refractivity contribution < 1.29 is 14.7 Å². The van der Waals surface area contributed by atoms with E-state index in [2.05, 4.69) is 0 Å². The number of benzene rings is 1. The van der Waals surface area contributed by atoms with Crippen LogP contribution in [-0.2, 0) is 9.59 Å². The third-order valence-corrected chi connectivity index (χ3v) is 3.57. The number of rotatable bonds is 6. The van der Waals surface area contributed by atoms with E-state index in [0.717, 1.165) is 5.56 Å². The fourth-order valence-corrected chi connectivity index (χ4v) is 2.38. The summed E-state index contributed by atoms with van der Waals surface area (Å²) in [4.78, 5) is 22.9. The van der Waals surface area contributed by atoms with Crippen LogP contribution in [0, 0.1) is 11.8 Å². The molecule has 3 unspecified atom stereocenters. The molecule has 0 fully saturated rings. The lowest BCUT2D eigenvalue weighted by Crippen LogP contribution is -2.31. The fraction of sp³-hybridized carbons (Fsp3) is 0.467. The van der Waals surface area contributed by atoms with E-state index in [-0.39, 0.29) is 11.7 Å². The van der Waals surface area contributed by atoms with Crippen LogP contribution >= 0.6 is 0 Å². The quantitative estimate of drug-likeness (QED) is 0.841. The van der Waals surface area contributed by atoms with Gasteiger partial charge < -0.3 is 5.11 Å². The van der Waals surface area contributed by atoms with Crippen molar-refractivity contribution >= 4 is 11.8 Å². The largest absolute Gasteiger partial charge is 0.481 e. The van der Waals surface area contributed by atoms with Gasteiger partial charge in [-0.15, -0.1) is 0 Å². The molecule has 3 nitrogen and oxygen atoms in total. The molecule has 1 N–H and O–H groups in total. The SMILES string of the molecule is CCC(c1ccccc1)C(C(=O)O)C(C)C(C)=O. The van der Waals surface area contributed by atoms with Gasteiger partial charge in [-0.2, -0.15) is 0 Å². The molecule has 3 atom stereocenters. The topological polar surface area (TPSA) is 54.4 Å². The maximum absolute atomic E-state index is 11.5. The minimum absolute atomic E-state index is 0.0724. The van der Waals surface area contributed by atoms with Crippen LogP contribution in [0.15, 0.2) is 30.3 Å². The minimum Gasteiger partial charge on any atom is -0.481 e. The van der Waals surface area contributed by atoms with Gasteiger partial charge in [-0.25, -0.2) is 0 Å². The Balaban J connectivity index is 3.10. The summed E-state index contributed by atoms with van der Waals surface area (Å²) < 4.78 is 0. The first-order chi connectivity index (χ1) is 8.49. The van der Waals surface area contributed by atoms with Crippen LogP contribution in [0.5, 0.6) is 0 Å². The molecule has 0 saturated carbocycles. The molecule has 0 bridgehead atoms. The van der Waals surface area contributed by atoms with Gasteiger partial charge in [0.25, 0.3) is 0 Å². The molecule has 1 rings (SSSR count). The number of carbonyl (C=O) groups excluding carboxylic acids is 1. The summed E-state index contributed by atoms with van der Waals surface area (Å²) in [6.45, 7) is 5.12. The van der Waals surface area contributed by atoms with Crippen LogP contribution in [0.3, 0.4) is 0 Å². The van der Waals surface area contributed by atoms with Crippen molar-refractivity contribution in [2.45, 2.75) is 33.1 Å². The Hall–Kier alpha value is -1.64. The molecule has 1 aromatic carbocycles. The average molecular weight is 248 g/mol. The molecule has 1 aromatic rings. The standard InChI is InChI=1S/C15H20O3/c1-4-13(12-8-6-5-7-9-12)14(15(17)18)10(2)11(3)16/h5-10,13-14H,4H2,1-3H3,(H,17,18). The molecule has 0 radical (unpaired) electrons. The van der Waals surface area contributed by atoms with Crippen LogP contribution in [0.1, 0.15) is 38.7 Å². The maximum atomic E-state index is 11.5. The van der Waals surface area contributed by atoms with E-state index < -0.39 is 17.8 Å². The predicted molar refractivity (Wildman–Crippen MR) is 70.4 cm³/mol. The number of hydrogen-bond acceptors (Lipinski definition) is 2. The Labute approximate surface area is 108 Å². The monoisotopic (exact) mass is 248 g/mol. The first-order valence-electron chi connectivity index (χ1n) is 6.27. The van der Waals surface area contributed by atoms with Gasteiger partial charge in [-0.3, -0.25) is 9.59 Å². The molecule has 0 aromatic heterocycles. The van der Waals surface area contributed by atoms with Gasteiger partial charge in [-0.05, 0) is 24.8 Å². The zero-order valence-corrected chi connectivity index (χ0v) is 11.1. The normalized spacial score (nSPS) is 15.7. The van der Waals surface area contributed by atoms with Crippen molar-refractivity contribution in [2.24, 2.45) is 11.8 Å². The molecule has 0 saturated heterocycles. The second-order valence-corrected chi connectivity index (χ2v) is 4.69. The highest BCUT2D eigenvalue weighted by molar-refractivity contribution is 5.84. The summed E-state index contributed by atoms with van der Waals surface area (Å²) >= 11 is 0. The first kappa shape index (κ1) is 14.4. The molecule has 0 aliphatic rings. The average Bonchev–Trinajstić information content (AvgIpc) is 2.35. The van der Waals surface area contributed by atoms with Crippen LogP contribution < -0.4 is 0 Å². The van der Waals surface area contributed by atoms with Crippen molar-refractivity contribution in [3.8, 4) is 0 Å². The molecule has 0 amide bonds. The molecular formula is C15H20O3. The first-order valence-corrected chi connectivity index (χ1v) is 6.27. The van der Waals surface area contributed by atoms with E-state index in [1.165, 1.54) is 6.92 Å².